The van der Waals surface area contributed by atoms with Crippen molar-refractivity contribution in [3.63, 3.8) is 0 Å². The van der Waals surface area contributed by atoms with Crippen molar-refractivity contribution in [3.8, 4) is 0 Å². The maximum absolute atomic E-state index is 13.9. The highest BCUT2D eigenvalue weighted by Gasteiger charge is 2.36. The van der Waals surface area contributed by atoms with Gasteiger partial charge in [0.15, 0.2) is 0 Å². The Hall–Kier alpha value is -2.83. The average molecular weight is 501 g/mol. The highest BCUT2D eigenvalue weighted by molar-refractivity contribution is 5.97. The lowest BCUT2D eigenvalue weighted by Gasteiger charge is -2.44. The van der Waals surface area contributed by atoms with E-state index in [9.17, 15) is 4.79 Å². The Balaban J connectivity index is 1.16. The van der Waals surface area contributed by atoms with Gasteiger partial charge >= 0.3 is 0 Å². The van der Waals surface area contributed by atoms with E-state index in [1.54, 1.807) is 7.11 Å². The molecule has 1 aliphatic carbocycles. The molecule has 1 aromatic heterocycles. The van der Waals surface area contributed by atoms with Crippen molar-refractivity contribution >= 4 is 28.2 Å². The second kappa shape index (κ2) is 10.9. The van der Waals surface area contributed by atoms with Crippen molar-refractivity contribution in [2.45, 2.75) is 57.7 Å². The number of fused-ring (bicyclic) bond motifs is 2. The minimum absolute atomic E-state index is 0.199. The molecule has 1 saturated carbocycles. The number of aromatic nitrogens is 1. The summed E-state index contributed by atoms with van der Waals surface area (Å²) in [6.45, 7) is 5.61. The smallest absolute Gasteiger partial charge is 0.230 e. The van der Waals surface area contributed by atoms with Gasteiger partial charge in [-0.15, -0.1) is 0 Å². The van der Waals surface area contributed by atoms with Gasteiger partial charge in [-0.05, 0) is 55.5 Å². The summed E-state index contributed by atoms with van der Waals surface area (Å²) >= 11 is 0. The van der Waals surface area contributed by atoms with Gasteiger partial charge in [-0.2, -0.15) is 0 Å². The van der Waals surface area contributed by atoms with E-state index in [0.717, 1.165) is 58.4 Å². The highest BCUT2D eigenvalue weighted by atomic mass is 16.5. The molecule has 6 rings (SSSR count). The molecular weight excluding hydrogens is 460 g/mol. The number of carbonyl (C=O) groups excluding carboxylic acids is 1. The number of aryl methyl sites for hydroxylation is 1. The Labute approximate surface area is 220 Å². The molecule has 0 radical (unpaired) electrons. The number of piperazine rings is 1. The molecular formula is C31H40N4O2. The maximum Gasteiger partial charge on any atom is 0.230 e. The zero-order valence-electron chi connectivity index (χ0n) is 22.1. The first-order valence-electron chi connectivity index (χ1n) is 14.2. The molecule has 2 fully saturated rings. The molecule has 37 heavy (non-hydrogen) atoms. The summed E-state index contributed by atoms with van der Waals surface area (Å²) in [6.07, 6.45) is 10.0. The fourth-order valence-electron chi connectivity index (χ4n) is 6.83. The molecule has 3 aliphatic rings. The van der Waals surface area contributed by atoms with Crippen LogP contribution in [-0.4, -0.2) is 61.2 Å². The first-order chi connectivity index (χ1) is 18.2. The van der Waals surface area contributed by atoms with E-state index in [2.05, 4.69) is 74.0 Å². The van der Waals surface area contributed by atoms with Gasteiger partial charge in [-0.1, -0.05) is 43.5 Å². The molecule has 0 spiro atoms. The predicted octanol–water partition coefficient (Wildman–Crippen LogP) is 5.30. The first kappa shape index (κ1) is 24.5. The second-order valence-corrected chi connectivity index (χ2v) is 11.1. The molecule has 1 amide bonds. The number of rotatable bonds is 6. The third-order valence-corrected chi connectivity index (χ3v) is 8.80. The van der Waals surface area contributed by atoms with Gasteiger partial charge in [-0.3, -0.25) is 9.69 Å². The third kappa shape index (κ3) is 4.89. The summed E-state index contributed by atoms with van der Waals surface area (Å²) < 4.78 is 7.53. The number of hydrogen-bond donors (Lipinski definition) is 0. The van der Waals surface area contributed by atoms with Crippen LogP contribution < -0.4 is 9.80 Å². The molecule has 3 aromatic rings. The van der Waals surface area contributed by atoms with Gasteiger partial charge in [0.25, 0.3) is 0 Å². The molecule has 6 heteroatoms. The van der Waals surface area contributed by atoms with E-state index in [0.29, 0.717) is 12.6 Å². The number of hydrogen-bond acceptors (Lipinski definition) is 4. The Bertz CT molecular complexity index is 1220. The van der Waals surface area contributed by atoms with Crippen LogP contribution in [0.5, 0.6) is 0 Å². The van der Waals surface area contributed by atoms with Crippen LogP contribution in [0.1, 0.15) is 44.1 Å². The Morgan fingerprint density at radius 3 is 2.49 bits per heavy atom. The van der Waals surface area contributed by atoms with Gasteiger partial charge < -0.3 is 19.1 Å². The van der Waals surface area contributed by atoms with Gasteiger partial charge in [0.05, 0.1) is 5.52 Å². The van der Waals surface area contributed by atoms with Gasteiger partial charge in [0, 0.05) is 74.8 Å². The Kier molecular flexibility index (Phi) is 7.21. The summed E-state index contributed by atoms with van der Waals surface area (Å²) in [7, 11) is 1.74. The molecule has 0 bridgehead atoms. The average Bonchev–Trinajstić information content (AvgIpc) is 3.37. The Morgan fingerprint density at radius 2 is 1.68 bits per heavy atom. The van der Waals surface area contributed by atoms with E-state index in [4.69, 9.17) is 4.74 Å². The predicted molar refractivity (Wildman–Crippen MR) is 150 cm³/mol. The van der Waals surface area contributed by atoms with Gasteiger partial charge in [0.1, 0.15) is 6.73 Å². The van der Waals surface area contributed by atoms with Crippen LogP contribution in [0.15, 0.2) is 54.7 Å². The summed E-state index contributed by atoms with van der Waals surface area (Å²) in [5.41, 5.74) is 5.04. The summed E-state index contributed by atoms with van der Waals surface area (Å²) in [6, 6.07) is 17.7. The number of anilines is 2. The molecule has 2 aromatic carbocycles. The lowest BCUT2D eigenvalue weighted by Crippen LogP contribution is -2.55. The van der Waals surface area contributed by atoms with Crippen molar-refractivity contribution in [2.75, 3.05) is 49.6 Å². The minimum Gasteiger partial charge on any atom is -0.368 e. The van der Waals surface area contributed by atoms with E-state index >= 15 is 0 Å². The number of ether oxygens (including phenoxy) is 1. The van der Waals surface area contributed by atoms with Gasteiger partial charge in [-0.25, -0.2) is 0 Å². The maximum atomic E-state index is 13.9. The SMILES string of the molecule is COCn1ccc2c(N3CCN(CC4CCc5ccccc5N4C(=O)C4CCCCC4)CC3)cccc21. The Morgan fingerprint density at radius 1 is 0.892 bits per heavy atom. The zero-order valence-corrected chi connectivity index (χ0v) is 22.1. The van der Waals surface area contributed by atoms with E-state index in [1.165, 1.54) is 47.1 Å². The van der Waals surface area contributed by atoms with Crippen LogP contribution in [0, 0.1) is 5.92 Å². The highest BCUT2D eigenvalue weighted by Crippen LogP contribution is 2.35. The van der Waals surface area contributed by atoms with Crippen LogP contribution in [0.4, 0.5) is 11.4 Å². The van der Waals surface area contributed by atoms with Crippen molar-refractivity contribution in [1.82, 2.24) is 9.47 Å². The molecule has 1 saturated heterocycles. The van der Waals surface area contributed by atoms with Crippen molar-refractivity contribution in [1.29, 1.82) is 0 Å². The number of amides is 1. The number of para-hydroxylation sites is 1. The van der Waals surface area contributed by atoms with Crippen molar-refractivity contribution in [3.05, 3.63) is 60.3 Å². The lowest BCUT2D eigenvalue weighted by molar-refractivity contribution is -0.124. The molecule has 2 aliphatic heterocycles. The summed E-state index contributed by atoms with van der Waals surface area (Å²) in [4.78, 5) is 21.2. The fraction of sp³-hybridized carbons (Fsp3) is 0.516. The summed E-state index contributed by atoms with van der Waals surface area (Å²) in [5, 5.41) is 1.29. The zero-order chi connectivity index (χ0) is 25.2. The number of carbonyl (C=O) groups is 1. The monoisotopic (exact) mass is 500 g/mol. The molecule has 1 unspecified atom stereocenters. The van der Waals surface area contributed by atoms with Crippen molar-refractivity contribution < 1.29 is 9.53 Å². The van der Waals surface area contributed by atoms with Crippen LogP contribution in [0.3, 0.4) is 0 Å². The topological polar surface area (TPSA) is 41.0 Å². The summed E-state index contributed by atoms with van der Waals surface area (Å²) in [5.74, 6) is 0.577. The molecule has 3 heterocycles. The van der Waals surface area contributed by atoms with Crippen molar-refractivity contribution in [2.24, 2.45) is 5.92 Å². The minimum atomic E-state index is 0.199. The number of benzene rings is 2. The normalized spacial score (nSPS) is 21.4. The molecule has 0 N–H and O–H groups in total. The fourth-order valence-corrected chi connectivity index (χ4v) is 6.83. The molecule has 1 atom stereocenters. The molecule has 196 valence electrons. The van der Waals surface area contributed by atoms with E-state index in [-0.39, 0.29) is 12.0 Å². The second-order valence-electron chi connectivity index (χ2n) is 11.1. The lowest BCUT2D eigenvalue weighted by atomic mass is 9.86. The van der Waals surface area contributed by atoms with E-state index < -0.39 is 0 Å². The first-order valence-corrected chi connectivity index (χ1v) is 14.2. The standard InChI is InChI=1S/C31H40N4O2/c1-37-23-34-17-16-27-29(12-7-13-30(27)34)33-20-18-32(19-21-33)22-26-15-14-24-8-5-6-11-28(24)35(26)31(36)25-9-3-2-4-10-25/h5-8,11-13,16-17,25-26H,2-4,9-10,14-15,18-23H2,1H3. The quantitative estimate of drug-likeness (QED) is 0.461. The molecule has 6 nitrogen and oxygen atoms in total. The van der Waals surface area contributed by atoms with Crippen LogP contribution in [-0.2, 0) is 22.7 Å². The number of nitrogens with zero attached hydrogens (tertiary/aromatic N) is 4. The van der Waals surface area contributed by atoms with Crippen LogP contribution in [0.25, 0.3) is 10.9 Å². The van der Waals surface area contributed by atoms with Crippen LogP contribution in [0.2, 0.25) is 0 Å². The number of methoxy groups -OCH3 is 1. The third-order valence-electron chi connectivity index (χ3n) is 8.80. The largest absolute Gasteiger partial charge is 0.368 e. The van der Waals surface area contributed by atoms with Gasteiger partial charge in [0.2, 0.25) is 5.91 Å². The van der Waals surface area contributed by atoms with E-state index in [1.807, 2.05) is 0 Å². The van der Waals surface area contributed by atoms with Crippen LogP contribution >= 0.6 is 0 Å².